The second-order valence-electron chi connectivity index (χ2n) is 4.41. The van der Waals surface area contributed by atoms with Gasteiger partial charge in [-0.15, -0.1) is 0 Å². The summed E-state index contributed by atoms with van der Waals surface area (Å²) in [6.45, 7) is 4.41. The number of halogens is 1. The van der Waals surface area contributed by atoms with Gasteiger partial charge in [-0.05, 0) is 37.8 Å². The minimum absolute atomic E-state index is 0.115. The van der Waals surface area contributed by atoms with Crippen molar-refractivity contribution in [1.29, 1.82) is 0 Å². The molecule has 0 bridgehead atoms. The molecule has 0 saturated heterocycles. The van der Waals surface area contributed by atoms with Crippen LogP contribution < -0.4 is 4.90 Å². The standard InChI is InChI=1S/C13H18BrNO/c1-2-15(8-10-3-4-10)13-7-12(14)6-5-11(13)9-16/h5-7,10,16H,2-4,8-9H2,1H3. The average Bonchev–Trinajstić information content (AvgIpc) is 3.09. The Kier molecular flexibility index (Phi) is 3.87. The van der Waals surface area contributed by atoms with Gasteiger partial charge >= 0.3 is 0 Å². The van der Waals surface area contributed by atoms with Gasteiger partial charge in [-0.1, -0.05) is 22.0 Å². The Morgan fingerprint density at radius 1 is 1.44 bits per heavy atom. The lowest BCUT2D eigenvalue weighted by atomic mass is 10.1. The van der Waals surface area contributed by atoms with Crippen molar-refractivity contribution in [3.8, 4) is 0 Å². The molecule has 0 spiro atoms. The topological polar surface area (TPSA) is 23.5 Å². The lowest BCUT2D eigenvalue weighted by Gasteiger charge is -2.25. The van der Waals surface area contributed by atoms with Gasteiger partial charge in [0.15, 0.2) is 0 Å². The molecule has 0 amide bonds. The highest BCUT2D eigenvalue weighted by Gasteiger charge is 2.24. The summed E-state index contributed by atoms with van der Waals surface area (Å²) < 4.78 is 1.08. The number of hydrogen-bond acceptors (Lipinski definition) is 2. The predicted octanol–water partition coefficient (Wildman–Crippen LogP) is 3.18. The third-order valence-electron chi connectivity index (χ3n) is 3.12. The maximum Gasteiger partial charge on any atom is 0.0702 e. The van der Waals surface area contributed by atoms with E-state index in [1.54, 1.807) is 0 Å². The molecule has 1 aliphatic rings. The Labute approximate surface area is 105 Å². The number of rotatable bonds is 5. The van der Waals surface area contributed by atoms with Crippen molar-refractivity contribution < 1.29 is 5.11 Å². The van der Waals surface area contributed by atoms with E-state index < -0.39 is 0 Å². The van der Waals surface area contributed by atoms with Crippen LogP contribution in [0.4, 0.5) is 5.69 Å². The van der Waals surface area contributed by atoms with Gasteiger partial charge in [0.25, 0.3) is 0 Å². The Morgan fingerprint density at radius 3 is 2.75 bits per heavy atom. The molecule has 1 aromatic rings. The van der Waals surface area contributed by atoms with Crippen LogP contribution in [0.3, 0.4) is 0 Å². The number of nitrogens with zero attached hydrogens (tertiary/aromatic N) is 1. The minimum Gasteiger partial charge on any atom is -0.392 e. The van der Waals surface area contributed by atoms with Gasteiger partial charge < -0.3 is 10.0 Å². The molecule has 0 heterocycles. The molecule has 3 heteroatoms. The molecule has 0 radical (unpaired) electrons. The molecule has 2 rings (SSSR count). The van der Waals surface area contributed by atoms with E-state index in [0.717, 1.165) is 29.0 Å². The highest BCUT2D eigenvalue weighted by atomic mass is 79.9. The molecule has 1 saturated carbocycles. The van der Waals surface area contributed by atoms with E-state index in [1.807, 2.05) is 12.1 Å². The normalized spacial score (nSPS) is 15.2. The molecule has 2 nitrogen and oxygen atoms in total. The van der Waals surface area contributed by atoms with Crippen molar-refractivity contribution >= 4 is 21.6 Å². The van der Waals surface area contributed by atoms with E-state index in [-0.39, 0.29) is 6.61 Å². The number of hydrogen-bond donors (Lipinski definition) is 1. The summed E-state index contributed by atoms with van der Waals surface area (Å²) in [5.41, 5.74) is 2.19. The van der Waals surface area contributed by atoms with E-state index in [1.165, 1.54) is 18.5 Å². The molecular formula is C13H18BrNO. The van der Waals surface area contributed by atoms with Crippen LogP contribution in [0.15, 0.2) is 22.7 Å². The second-order valence-corrected chi connectivity index (χ2v) is 5.33. The minimum atomic E-state index is 0.115. The van der Waals surface area contributed by atoms with Crippen molar-refractivity contribution in [2.24, 2.45) is 5.92 Å². The van der Waals surface area contributed by atoms with Crippen molar-refractivity contribution in [3.05, 3.63) is 28.2 Å². The van der Waals surface area contributed by atoms with Crippen LogP contribution in [0.2, 0.25) is 0 Å². The van der Waals surface area contributed by atoms with Crippen LogP contribution in [-0.4, -0.2) is 18.2 Å². The fourth-order valence-corrected chi connectivity index (χ4v) is 2.32. The lowest BCUT2D eigenvalue weighted by Crippen LogP contribution is -2.26. The van der Waals surface area contributed by atoms with Gasteiger partial charge in [0, 0.05) is 28.8 Å². The van der Waals surface area contributed by atoms with Gasteiger partial charge in [0.2, 0.25) is 0 Å². The molecule has 88 valence electrons. The Hall–Kier alpha value is -0.540. The van der Waals surface area contributed by atoms with Crippen molar-refractivity contribution in [3.63, 3.8) is 0 Å². The number of aliphatic hydroxyl groups is 1. The average molecular weight is 284 g/mol. The Bertz CT molecular complexity index is 363. The van der Waals surface area contributed by atoms with Gasteiger partial charge in [-0.25, -0.2) is 0 Å². The van der Waals surface area contributed by atoms with E-state index >= 15 is 0 Å². The van der Waals surface area contributed by atoms with Crippen molar-refractivity contribution in [1.82, 2.24) is 0 Å². The SMILES string of the molecule is CCN(CC1CC1)c1cc(Br)ccc1CO. The molecule has 1 fully saturated rings. The predicted molar refractivity (Wildman–Crippen MR) is 70.7 cm³/mol. The van der Waals surface area contributed by atoms with Crippen LogP contribution in [0.1, 0.15) is 25.3 Å². The summed E-state index contributed by atoms with van der Waals surface area (Å²) in [5, 5.41) is 9.36. The highest BCUT2D eigenvalue weighted by Crippen LogP contribution is 2.33. The third kappa shape index (κ3) is 2.77. The van der Waals surface area contributed by atoms with Gasteiger partial charge in [-0.2, -0.15) is 0 Å². The Morgan fingerprint density at radius 2 is 2.19 bits per heavy atom. The summed E-state index contributed by atoms with van der Waals surface area (Å²) >= 11 is 3.50. The molecule has 0 unspecified atom stereocenters. The maximum absolute atomic E-state index is 9.36. The van der Waals surface area contributed by atoms with E-state index in [0.29, 0.717) is 0 Å². The number of aliphatic hydroxyl groups excluding tert-OH is 1. The van der Waals surface area contributed by atoms with Crippen LogP contribution in [0.5, 0.6) is 0 Å². The smallest absolute Gasteiger partial charge is 0.0702 e. The monoisotopic (exact) mass is 283 g/mol. The van der Waals surface area contributed by atoms with Crippen molar-refractivity contribution in [2.45, 2.75) is 26.4 Å². The molecule has 1 aliphatic carbocycles. The first kappa shape index (κ1) is 11.9. The van der Waals surface area contributed by atoms with Crippen molar-refractivity contribution in [2.75, 3.05) is 18.0 Å². The summed E-state index contributed by atoms with van der Waals surface area (Å²) in [7, 11) is 0. The third-order valence-corrected chi connectivity index (χ3v) is 3.61. The largest absolute Gasteiger partial charge is 0.392 e. The maximum atomic E-state index is 9.36. The molecule has 16 heavy (non-hydrogen) atoms. The van der Waals surface area contributed by atoms with Crippen LogP contribution >= 0.6 is 15.9 Å². The molecule has 0 aromatic heterocycles. The second kappa shape index (κ2) is 5.19. The van der Waals surface area contributed by atoms with Crippen LogP contribution in [0.25, 0.3) is 0 Å². The first-order valence-corrected chi connectivity index (χ1v) is 6.68. The zero-order valence-electron chi connectivity index (χ0n) is 9.62. The molecule has 1 aromatic carbocycles. The summed E-state index contributed by atoms with van der Waals surface area (Å²) in [4.78, 5) is 2.37. The highest BCUT2D eigenvalue weighted by molar-refractivity contribution is 9.10. The fraction of sp³-hybridized carbons (Fsp3) is 0.538. The van der Waals surface area contributed by atoms with Crippen LogP contribution in [0, 0.1) is 5.92 Å². The lowest BCUT2D eigenvalue weighted by molar-refractivity contribution is 0.282. The first-order chi connectivity index (χ1) is 7.74. The van der Waals surface area contributed by atoms with E-state index in [2.05, 4.69) is 33.8 Å². The summed E-state index contributed by atoms with van der Waals surface area (Å²) in [6.07, 6.45) is 2.72. The van der Waals surface area contributed by atoms with Gasteiger partial charge in [0.1, 0.15) is 0 Å². The van der Waals surface area contributed by atoms with Gasteiger partial charge in [0.05, 0.1) is 6.61 Å². The van der Waals surface area contributed by atoms with Crippen LogP contribution in [-0.2, 0) is 6.61 Å². The Balaban J connectivity index is 2.23. The quantitative estimate of drug-likeness (QED) is 0.897. The molecule has 0 atom stereocenters. The van der Waals surface area contributed by atoms with Gasteiger partial charge in [-0.3, -0.25) is 0 Å². The summed E-state index contributed by atoms with van der Waals surface area (Å²) in [5.74, 6) is 0.866. The fourth-order valence-electron chi connectivity index (χ4n) is 1.97. The molecular weight excluding hydrogens is 266 g/mol. The molecule has 1 N–H and O–H groups in total. The zero-order valence-corrected chi connectivity index (χ0v) is 11.2. The number of anilines is 1. The van der Waals surface area contributed by atoms with E-state index in [9.17, 15) is 5.11 Å². The van der Waals surface area contributed by atoms with E-state index in [4.69, 9.17) is 0 Å². The zero-order chi connectivity index (χ0) is 11.5. The molecule has 0 aliphatic heterocycles. The number of benzene rings is 1. The summed E-state index contributed by atoms with van der Waals surface area (Å²) in [6, 6.07) is 6.09. The first-order valence-electron chi connectivity index (χ1n) is 5.88.